The van der Waals surface area contributed by atoms with Gasteiger partial charge in [-0.1, -0.05) is 12.1 Å². The van der Waals surface area contributed by atoms with Gasteiger partial charge in [-0.05, 0) is 30.7 Å². The van der Waals surface area contributed by atoms with Gasteiger partial charge in [0.1, 0.15) is 23.1 Å². The Bertz CT molecular complexity index is 762. The smallest absolute Gasteiger partial charge is 0.191 e. The van der Waals surface area contributed by atoms with Crippen molar-refractivity contribution in [3.8, 4) is 0 Å². The fourth-order valence-electron chi connectivity index (χ4n) is 3.12. The molecule has 0 radical (unpaired) electrons. The van der Waals surface area contributed by atoms with E-state index in [-0.39, 0.29) is 35.7 Å². The quantitative estimate of drug-likeness (QED) is 0.263. The Balaban J connectivity index is 0.00000280. The zero-order valence-corrected chi connectivity index (χ0v) is 17.9. The minimum absolute atomic E-state index is 0. The van der Waals surface area contributed by atoms with Crippen molar-refractivity contribution in [2.24, 2.45) is 4.99 Å². The number of furan rings is 1. The van der Waals surface area contributed by atoms with Crippen molar-refractivity contribution in [3.05, 3.63) is 66.6 Å². The van der Waals surface area contributed by atoms with Crippen LogP contribution in [0.1, 0.15) is 12.2 Å². The van der Waals surface area contributed by atoms with E-state index in [1.807, 2.05) is 12.1 Å². The molecule has 1 unspecified atom stereocenters. The molecule has 152 valence electrons. The summed E-state index contributed by atoms with van der Waals surface area (Å²) in [5.74, 6) is 0.465. The van der Waals surface area contributed by atoms with Crippen LogP contribution in [0.3, 0.4) is 0 Å². The Hall–Kier alpha value is -2.10. The first-order valence-corrected chi connectivity index (χ1v) is 9.04. The van der Waals surface area contributed by atoms with Crippen molar-refractivity contribution in [1.29, 1.82) is 0 Å². The highest BCUT2D eigenvalue weighted by Gasteiger charge is 2.27. The molecule has 0 bridgehead atoms. The molecule has 0 amide bonds. The van der Waals surface area contributed by atoms with Crippen LogP contribution >= 0.6 is 24.0 Å². The third-order valence-electron chi connectivity index (χ3n) is 4.40. The zero-order valence-electron chi connectivity index (χ0n) is 15.5. The predicted molar refractivity (Wildman–Crippen MR) is 118 cm³/mol. The van der Waals surface area contributed by atoms with Crippen LogP contribution in [-0.4, -0.2) is 38.2 Å². The number of nitrogens with one attached hydrogen (secondary N) is 2. The van der Waals surface area contributed by atoms with E-state index in [9.17, 15) is 8.78 Å². The van der Waals surface area contributed by atoms with Gasteiger partial charge in [0.25, 0.3) is 0 Å². The summed E-state index contributed by atoms with van der Waals surface area (Å²) in [6.07, 6.45) is 4.86. The Kier molecular flexibility index (Phi) is 8.75. The molecule has 1 fully saturated rings. The van der Waals surface area contributed by atoms with E-state index in [2.05, 4.69) is 22.2 Å². The topological polar surface area (TPSA) is 52.8 Å². The number of hydrogen-bond donors (Lipinski definition) is 2. The van der Waals surface area contributed by atoms with Gasteiger partial charge >= 0.3 is 0 Å². The number of halogens is 3. The van der Waals surface area contributed by atoms with Crippen molar-refractivity contribution < 1.29 is 13.2 Å². The third kappa shape index (κ3) is 5.95. The van der Waals surface area contributed by atoms with Gasteiger partial charge in [-0.25, -0.2) is 8.78 Å². The summed E-state index contributed by atoms with van der Waals surface area (Å²) in [5, 5.41) is 6.52. The first-order chi connectivity index (χ1) is 13.2. The maximum absolute atomic E-state index is 14.0. The molecular formula is C20H25F2IN4O. The van der Waals surface area contributed by atoms with E-state index in [1.54, 1.807) is 17.2 Å². The van der Waals surface area contributed by atoms with Crippen LogP contribution in [0.15, 0.2) is 58.7 Å². The average Bonchev–Trinajstić information content (AvgIpc) is 3.32. The number of para-hydroxylation sites is 1. The summed E-state index contributed by atoms with van der Waals surface area (Å²) in [7, 11) is 0. The molecule has 1 aromatic heterocycles. The number of aliphatic imine (C=N–C) groups is 1. The SMILES string of the molecule is C=CCNC(=NCCc1ccco1)NC1CCN(c2c(F)cccc2F)C1.I. The van der Waals surface area contributed by atoms with Gasteiger partial charge in [0.05, 0.1) is 6.26 Å². The Morgan fingerprint density at radius 3 is 2.75 bits per heavy atom. The molecule has 2 aromatic rings. The summed E-state index contributed by atoms with van der Waals surface area (Å²) in [5.41, 5.74) is 0.0390. The molecule has 28 heavy (non-hydrogen) atoms. The van der Waals surface area contributed by atoms with Gasteiger partial charge in [-0.3, -0.25) is 4.99 Å². The Morgan fingerprint density at radius 1 is 1.29 bits per heavy atom. The van der Waals surface area contributed by atoms with Crippen molar-refractivity contribution >= 4 is 35.6 Å². The molecular weight excluding hydrogens is 477 g/mol. The lowest BCUT2D eigenvalue weighted by atomic mass is 10.2. The van der Waals surface area contributed by atoms with E-state index in [0.717, 1.165) is 12.2 Å². The fraction of sp³-hybridized carbons (Fsp3) is 0.350. The molecule has 1 saturated heterocycles. The first-order valence-electron chi connectivity index (χ1n) is 9.04. The standard InChI is InChI=1S/C20H24F2N4O.HI/c1-2-10-23-20(24-11-8-16-5-4-13-27-16)25-15-9-12-26(14-15)19-17(21)6-3-7-18(19)22;/h2-7,13,15H,1,8-12,14H2,(H2,23,24,25);1H. The highest BCUT2D eigenvalue weighted by molar-refractivity contribution is 14.0. The zero-order chi connectivity index (χ0) is 19.1. The highest BCUT2D eigenvalue weighted by Crippen LogP contribution is 2.26. The van der Waals surface area contributed by atoms with E-state index in [4.69, 9.17) is 4.42 Å². The lowest BCUT2D eigenvalue weighted by Gasteiger charge is -2.21. The van der Waals surface area contributed by atoms with Gasteiger partial charge in [0.15, 0.2) is 5.96 Å². The summed E-state index contributed by atoms with van der Waals surface area (Å²) in [6.45, 7) is 5.93. The van der Waals surface area contributed by atoms with Crippen LogP contribution in [-0.2, 0) is 6.42 Å². The predicted octanol–water partition coefficient (Wildman–Crippen LogP) is 3.72. The molecule has 5 nitrogen and oxygen atoms in total. The average molecular weight is 502 g/mol. The number of rotatable bonds is 7. The normalized spacial score (nSPS) is 16.6. The minimum Gasteiger partial charge on any atom is -0.469 e. The van der Waals surface area contributed by atoms with Crippen molar-refractivity contribution in [2.75, 3.05) is 31.1 Å². The molecule has 2 N–H and O–H groups in total. The molecule has 1 aliphatic heterocycles. The second-order valence-electron chi connectivity index (χ2n) is 6.38. The van der Waals surface area contributed by atoms with Crippen LogP contribution in [0.5, 0.6) is 0 Å². The molecule has 3 rings (SSSR count). The summed E-state index contributed by atoms with van der Waals surface area (Å²) in [4.78, 5) is 6.28. The third-order valence-corrected chi connectivity index (χ3v) is 4.40. The van der Waals surface area contributed by atoms with Gasteiger partial charge in [-0.15, -0.1) is 30.6 Å². The van der Waals surface area contributed by atoms with E-state index >= 15 is 0 Å². The molecule has 1 aromatic carbocycles. The molecule has 1 atom stereocenters. The van der Waals surface area contributed by atoms with Crippen LogP contribution < -0.4 is 15.5 Å². The maximum Gasteiger partial charge on any atom is 0.191 e. The summed E-state index contributed by atoms with van der Waals surface area (Å²) >= 11 is 0. The minimum atomic E-state index is -0.534. The molecule has 1 aliphatic rings. The van der Waals surface area contributed by atoms with Gasteiger partial charge in [0, 0.05) is 38.6 Å². The monoisotopic (exact) mass is 502 g/mol. The lowest BCUT2D eigenvalue weighted by molar-refractivity contribution is 0.510. The van der Waals surface area contributed by atoms with Gasteiger partial charge in [0.2, 0.25) is 0 Å². The number of hydrogen-bond acceptors (Lipinski definition) is 3. The number of benzene rings is 1. The first kappa shape index (κ1) is 22.2. The second kappa shape index (κ2) is 11.0. The second-order valence-corrected chi connectivity index (χ2v) is 6.38. The molecule has 0 aliphatic carbocycles. The Morgan fingerprint density at radius 2 is 2.07 bits per heavy atom. The molecule has 0 saturated carbocycles. The largest absolute Gasteiger partial charge is 0.469 e. The van der Waals surface area contributed by atoms with Gasteiger partial charge in [-0.2, -0.15) is 0 Å². The molecule has 8 heteroatoms. The van der Waals surface area contributed by atoms with Crippen LogP contribution in [0, 0.1) is 11.6 Å². The maximum atomic E-state index is 14.0. The van der Waals surface area contributed by atoms with Crippen LogP contribution in [0.2, 0.25) is 0 Å². The van der Waals surface area contributed by atoms with E-state index in [1.165, 1.54) is 18.2 Å². The van der Waals surface area contributed by atoms with E-state index in [0.29, 0.717) is 38.6 Å². The molecule has 0 spiro atoms. The van der Waals surface area contributed by atoms with Crippen molar-refractivity contribution in [2.45, 2.75) is 18.9 Å². The number of guanidine groups is 1. The highest BCUT2D eigenvalue weighted by atomic mass is 127. The fourth-order valence-corrected chi connectivity index (χ4v) is 3.12. The van der Waals surface area contributed by atoms with E-state index < -0.39 is 11.6 Å². The van der Waals surface area contributed by atoms with Crippen LogP contribution in [0.25, 0.3) is 0 Å². The number of anilines is 1. The van der Waals surface area contributed by atoms with Crippen molar-refractivity contribution in [1.82, 2.24) is 10.6 Å². The molecule has 2 heterocycles. The number of nitrogens with zero attached hydrogens (tertiary/aromatic N) is 2. The van der Waals surface area contributed by atoms with Crippen molar-refractivity contribution in [3.63, 3.8) is 0 Å². The summed E-state index contributed by atoms with van der Waals surface area (Å²) < 4.78 is 33.3. The van der Waals surface area contributed by atoms with Crippen LogP contribution in [0.4, 0.5) is 14.5 Å². The van der Waals surface area contributed by atoms with Gasteiger partial charge < -0.3 is 20.0 Å². The Labute approximate surface area is 180 Å². The lowest BCUT2D eigenvalue weighted by Crippen LogP contribution is -2.45. The summed E-state index contributed by atoms with van der Waals surface area (Å²) in [6, 6.07) is 7.76.